The fraction of sp³-hybridized carbons (Fsp3) is 0.500. The van der Waals surface area contributed by atoms with E-state index in [2.05, 4.69) is 0 Å². The fourth-order valence-corrected chi connectivity index (χ4v) is 3.07. The van der Waals surface area contributed by atoms with E-state index >= 15 is 0 Å². The Balaban J connectivity index is 2.50. The summed E-state index contributed by atoms with van der Waals surface area (Å²) in [5, 5.41) is 9.51. The Kier molecular flexibility index (Phi) is 4.12. The topological polar surface area (TPSA) is 57.6 Å². The lowest BCUT2D eigenvalue weighted by Gasteiger charge is -2.32. The Morgan fingerprint density at radius 3 is 2.65 bits per heavy atom. The fourth-order valence-electron chi connectivity index (χ4n) is 3.07. The average molecular weight is 275 g/mol. The number of carboxylic acids is 1. The molecule has 0 aromatic heterocycles. The smallest absolute Gasteiger partial charge is 0.308 e. The van der Waals surface area contributed by atoms with Gasteiger partial charge < -0.3 is 10.0 Å². The van der Waals surface area contributed by atoms with Crippen LogP contribution in [-0.4, -0.2) is 28.9 Å². The molecular weight excluding hydrogens is 254 g/mol. The Bertz CT molecular complexity index is 539. The summed E-state index contributed by atoms with van der Waals surface area (Å²) in [6.45, 7) is 3.98. The molecule has 2 rings (SSSR count). The Morgan fingerprint density at radius 1 is 1.35 bits per heavy atom. The molecule has 4 nitrogen and oxygen atoms in total. The molecule has 1 fully saturated rings. The molecule has 2 unspecified atom stereocenters. The molecule has 4 heteroatoms. The molecule has 0 aliphatic carbocycles. The summed E-state index contributed by atoms with van der Waals surface area (Å²) in [5.41, 5.74) is 3.13. The number of rotatable bonds is 2. The van der Waals surface area contributed by atoms with Gasteiger partial charge in [0.05, 0.1) is 12.0 Å². The number of nitrogens with zero attached hydrogens (tertiary/aromatic N) is 1. The number of hydrogen-bond donors (Lipinski definition) is 1. The molecule has 1 aromatic rings. The largest absolute Gasteiger partial charge is 0.481 e. The van der Waals surface area contributed by atoms with Gasteiger partial charge in [-0.15, -0.1) is 0 Å². The van der Waals surface area contributed by atoms with Gasteiger partial charge in [0.1, 0.15) is 0 Å². The molecule has 0 saturated carbocycles. The van der Waals surface area contributed by atoms with E-state index in [0.29, 0.717) is 19.3 Å². The van der Waals surface area contributed by atoms with Crippen molar-refractivity contribution in [2.75, 3.05) is 7.05 Å². The van der Waals surface area contributed by atoms with Crippen molar-refractivity contribution in [2.24, 2.45) is 5.92 Å². The first kappa shape index (κ1) is 14.6. The van der Waals surface area contributed by atoms with E-state index in [4.69, 9.17) is 0 Å². The Morgan fingerprint density at radius 2 is 2.05 bits per heavy atom. The van der Waals surface area contributed by atoms with E-state index in [9.17, 15) is 14.7 Å². The van der Waals surface area contributed by atoms with E-state index < -0.39 is 11.9 Å². The molecule has 0 bridgehead atoms. The van der Waals surface area contributed by atoms with Crippen LogP contribution in [0.4, 0.5) is 0 Å². The minimum absolute atomic E-state index is 0.0266. The highest BCUT2D eigenvalue weighted by atomic mass is 16.4. The molecule has 0 spiro atoms. The van der Waals surface area contributed by atoms with Crippen molar-refractivity contribution in [3.8, 4) is 0 Å². The van der Waals surface area contributed by atoms with E-state index in [1.165, 1.54) is 0 Å². The van der Waals surface area contributed by atoms with Crippen molar-refractivity contribution in [2.45, 2.75) is 39.2 Å². The second kappa shape index (κ2) is 5.65. The lowest BCUT2D eigenvalue weighted by molar-refractivity contribution is -0.145. The number of carbonyl (C=O) groups excluding carboxylic acids is 1. The van der Waals surface area contributed by atoms with Crippen LogP contribution in [0.25, 0.3) is 0 Å². The molecule has 1 N–H and O–H groups in total. The van der Waals surface area contributed by atoms with Crippen LogP contribution >= 0.6 is 0 Å². The maximum Gasteiger partial charge on any atom is 0.308 e. The van der Waals surface area contributed by atoms with Gasteiger partial charge >= 0.3 is 5.97 Å². The van der Waals surface area contributed by atoms with Crippen molar-refractivity contribution in [3.63, 3.8) is 0 Å². The number of likely N-dealkylation sites (tertiary alicyclic amines) is 1. The maximum atomic E-state index is 12.1. The number of hydrogen-bond acceptors (Lipinski definition) is 2. The summed E-state index contributed by atoms with van der Waals surface area (Å²) >= 11 is 0. The lowest BCUT2D eigenvalue weighted by atomic mass is 9.87. The first-order valence-electron chi connectivity index (χ1n) is 6.97. The van der Waals surface area contributed by atoms with E-state index in [-0.39, 0.29) is 11.9 Å². The number of benzene rings is 1. The Hall–Kier alpha value is -1.84. The van der Waals surface area contributed by atoms with Gasteiger partial charge in [-0.3, -0.25) is 9.59 Å². The van der Waals surface area contributed by atoms with E-state index in [1.54, 1.807) is 11.9 Å². The SMILES string of the molecule is Cc1ccc(C2C(C(=O)O)CCCC(=O)N2C)c(C)c1. The van der Waals surface area contributed by atoms with Gasteiger partial charge in [0.15, 0.2) is 0 Å². The molecule has 20 heavy (non-hydrogen) atoms. The first-order valence-corrected chi connectivity index (χ1v) is 6.97. The molecule has 108 valence electrons. The van der Waals surface area contributed by atoms with Crippen molar-refractivity contribution in [1.82, 2.24) is 4.90 Å². The second-order valence-corrected chi connectivity index (χ2v) is 5.65. The van der Waals surface area contributed by atoms with Gasteiger partial charge in [-0.25, -0.2) is 0 Å². The van der Waals surface area contributed by atoms with Gasteiger partial charge in [-0.1, -0.05) is 23.8 Å². The highest BCUT2D eigenvalue weighted by Gasteiger charge is 2.37. The number of amides is 1. The van der Waals surface area contributed by atoms with Gasteiger partial charge in [0.25, 0.3) is 0 Å². The number of aliphatic carboxylic acids is 1. The monoisotopic (exact) mass is 275 g/mol. The molecule has 1 aliphatic heterocycles. The summed E-state index contributed by atoms with van der Waals surface area (Å²) in [5.74, 6) is -1.33. The molecule has 1 aliphatic rings. The van der Waals surface area contributed by atoms with Crippen LogP contribution < -0.4 is 0 Å². The highest BCUT2D eigenvalue weighted by molar-refractivity contribution is 5.79. The predicted octanol–water partition coefficient (Wildman–Crippen LogP) is 2.69. The quantitative estimate of drug-likeness (QED) is 0.902. The maximum absolute atomic E-state index is 12.1. The minimum atomic E-state index is -0.823. The van der Waals surface area contributed by atoms with Gasteiger partial charge in [0, 0.05) is 13.5 Å². The summed E-state index contributed by atoms with van der Waals surface area (Å²) in [6.07, 6.45) is 1.62. The van der Waals surface area contributed by atoms with Crippen molar-refractivity contribution in [1.29, 1.82) is 0 Å². The number of carbonyl (C=O) groups is 2. The Labute approximate surface area is 119 Å². The van der Waals surface area contributed by atoms with Crippen LogP contribution in [-0.2, 0) is 9.59 Å². The zero-order chi connectivity index (χ0) is 14.9. The van der Waals surface area contributed by atoms with Crippen LogP contribution in [0, 0.1) is 19.8 Å². The minimum Gasteiger partial charge on any atom is -0.481 e. The number of carboxylic acid groups (broad SMARTS) is 1. The normalized spacial score (nSPS) is 23.6. The van der Waals surface area contributed by atoms with Gasteiger partial charge in [-0.05, 0) is 37.8 Å². The molecule has 1 amide bonds. The third kappa shape index (κ3) is 2.69. The van der Waals surface area contributed by atoms with E-state index in [1.807, 2.05) is 32.0 Å². The van der Waals surface area contributed by atoms with Crippen LogP contribution in [0.1, 0.15) is 42.0 Å². The second-order valence-electron chi connectivity index (χ2n) is 5.65. The van der Waals surface area contributed by atoms with Crippen LogP contribution in [0.5, 0.6) is 0 Å². The average Bonchev–Trinajstić information content (AvgIpc) is 2.51. The zero-order valence-corrected chi connectivity index (χ0v) is 12.2. The lowest BCUT2D eigenvalue weighted by Crippen LogP contribution is -2.36. The van der Waals surface area contributed by atoms with Crippen molar-refractivity contribution >= 4 is 11.9 Å². The summed E-state index contributed by atoms with van der Waals surface area (Å²) in [6, 6.07) is 5.60. The van der Waals surface area contributed by atoms with Crippen LogP contribution in [0.2, 0.25) is 0 Å². The first-order chi connectivity index (χ1) is 9.41. The molecule has 0 radical (unpaired) electrons. The number of aryl methyl sites for hydroxylation is 2. The standard InChI is InChI=1S/C16H21NO3/c1-10-7-8-12(11(2)9-10)15-13(16(19)20)5-4-6-14(18)17(15)3/h7-9,13,15H,4-6H2,1-3H3,(H,19,20). The molecule has 2 atom stereocenters. The zero-order valence-electron chi connectivity index (χ0n) is 12.2. The summed E-state index contributed by atoms with van der Waals surface area (Å²) in [4.78, 5) is 25.3. The third-order valence-electron chi connectivity index (χ3n) is 4.16. The van der Waals surface area contributed by atoms with Gasteiger partial charge in [0.2, 0.25) is 5.91 Å². The molecule has 1 aromatic carbocycles. The molecular formula is C16H21NO3. The predicted molar refractivity (Wildman–Crippen MR) is 76.4 cm³/mol. The highest BCUT2D eigenvalue weighted by Crippen LogP contribution is 2.36. The molecule has 1 heterocycles. The van der Waals surface area contributed by atoms with Gasteiger partial charge in [-0.2, -0.15) is 0 Å². The summed E-state index contributed by atoms with van der Waals surface area (Å²) in [7, 11) is 1.72. The van der Waals surface area contributed by atoms with Crippen LogP contribution in [0.3, 0.4) is 0 Å². The summed E-state index contributed by atoms with van der Waals surface area (Å²) < 4.78 is 0. The molecule has 1 saturated heterocycles. The third-order valence-corrected chi connectivity index (χ3v) is 4.16. The van der Waals surface area contributed by atoms with Crippen molar-refractivity contribution in [3.05, 3.63) is 34.9 Å². The van der Waals surface area contributed by atoms with Crippen LogP contribution in [0.15, 0.2) is 18.2 Å². The van der Waals surface area contributed by atoms with E-state index in [0.717, 1.165) is 16.7 Å². The van der Waals surface area contributed by atoms with Crippen molar-refractivity contribution < 1.29 is 14.7 Å².